The van der Waals surface area contributed by atoms with Gasteiger partial charge in [0.05, 0.1) is 27.8 Å². The Kier molecular flexibility index (Phi) is 7.51. The Labute approximate surface area is 265 Å². The van der Waals surface area contributed by atoms with Crippen LogP contribution < -0.4 is 21.4 Å². The lowest BCUT2D eigenvalue weighted by Crippen LogP contribution is -2.27. The predicted molar refractivity (Wildman–Crippen MR) is 182 cm³/mol. The highest BCUT2D eigenvalue weighted by atomic mass is 16.6. The van der Waals surface area contributed by atoms with E-state index in [1.807, 2.05) is 42.5 Å². The van der Waals surface area contributed by atoms with E-state index < -0.39 is 17.6 Å². The fourth-order valence-corrected chi connectivity index (χ4v) is 5.16. The molecule has 0 saturated carbocycles. The van der Waals surface area contributed by atoms with Crippen molar-refractivity contribution in [3.05, 3.63) is 100 Å². The first-order valence-corrected chi connectivity index (χ1v) is 14.9. The number of hydrogen-bond acceptors (Lipinski definition) is 7. The van der Waals surface area contributed by atoms with Crippen LogP contribution in [0.2, 0.25) is 0 Å². The molecule has 46 heavy (non-hydrogen) atoms. The van der Waals surface area contributed by atoms with Crippen molar-refractivity contribution in [3.8, 4) is 0 Å². The van der Waals surface area contributed by atoms with Crippen LogP contribution in [0.5, 0.6) is 0 Å². The third-order valence-corrected chi connectivity index (χ3v) is 7.37. The maximum absolute atomic E-state index is 13.6. The molecule has 234 valence electrons. The molecule has 10 heteroatoms. The van der Waals surface area contributed by atoms with Crippen molar-refractivity contribution in [2.45, 2.75) is 52.6 Å². The molecule has 0 unspecified atom stereocenters. The minimum Gasteiger partial charge on any atom is -0.448 e. The molecule has 0 spiro atoms. The Morgan fingerprint density at radius 1 is 0.783 bits per heavy atom. The maximum atomic E-state index is 13.6. The smallest absolute Gasteiger partial charge is 0.412 e. The average molecular weight is 618 g/mol. The number of rotatable bonds is 5. The summed E-state index contributed by atoms with van der Waals surface area (Å²) in [5.74, 6) is -0.294. The van der Waals surface area contributed by atoms with E-state index in [-0.39, 0.29) is 22.2 Å². The maximum Gasteiger partial charge on any atom is 0.412 e. The zero-order chi connectivity index (χ0) is 32.8. The van der Waals surface area contributed by atoms with Crippen molar-refractivity contribution in [2.24, 2.45) is 0 Å². The van der Waals surface area contributed by atoms with Crippen LogP contribution in [0, 0.1) is 0 Å². The summed E-state index contributed by atoms with van der Waals surface area (Å²) in [5.41, 5.74) is 2.98. The molecular weight excluding hydrogens is 582 g/mol. The highest BCUT2D eigenvalue weighted by Crippen LogP contribution is 2.34. The monoisotopic (exact) mass is 617 g/mol. The van der Waals surface area contributed by atoms with Crippen LogP contribution in [-0.2, 0) is 10.2 Å². The van der Waals surface area contributed by atoms with Crippen molar-refractivity contribution in [2.75, 3.05) is 16.0 Å². The van der Waals surface area contributed by atoms with Crippen molar-refractivity contribution >= 4 is 67.8 Å². The van der Waals surface area contributed by atoms with Gasteiger partial charge < -0.3 is 24.8 Å². The van der Waals surface area contributed by atoms with Crippen LogP contribution in [0.15, 0.2) is 88.1 Å². The van der Waals surface area contributed by atoms with Crippen molar-refractivity contribution in [3.63, 3.8) is 0 Å². The Morgan fingerprint density at radius 3 is 2.11 bits per heavy atom. The first-order valence-electron chi connectivity index (χ1n) is 14.9. The molecule has 4 N–H and O–H groups in total. The van der Waals surface area contributed by atoms with Crippen LogP contribution in [0.4, 0.5) is 27.8 Å². The molecule has 0 saturated heterocycles. The molecule has 0 radical (unpaired) electrons. The van der Waals surface area contributed by atoms with E-state index in [4.69, 9.17) is 9.15 Å². The summed E-state index contributed by atoms with van der Waals surface area (Å²) in [5, 5.41) is 10.6. The third kappa shape index (κ3) is 6.28. The zero-order valence-electron chi connectivity index (χ0n) is 26.5. The normalized spacial score (nSPS) is 12.0. The van der Waals surface area contributed by atoms with Crippen LogP contribution >= 0.6 is 0 Å². The summed E-state index contributed by atoms with van der Waals surface area (Å²) in [6.45, 7) is 11.5. The number of nitrogens with zero attached hydrogens (tertiary/aromatic N) is 1. The lowest BCUT2D eigenvalue weighted by molar-refractivity contribution is 0.0636. The van der Waals surface area contributed by atoms with Crippen LogP contribution in [0.1, 0.15) is 57.7 Å². The van der Waals surface area contributed by atoms with E-state index in [1.165, 1.54) is 6.07 Å². The molecule has 0 aliphatic heterocycles. The standard InChI is InChI=1S/C36H35N5O5/c1-35(2,3)20-17-23-29(42)19-30(45-31(23)28(18-20)40-33-38-26-13-7-8-14-27(26)39-33)32(43)37-24-15-9-12-22-21(24)11-10-16-25(22)41-34(44)46-36(4,5)6/h7-19H,1-6H3,(H,37,43)(H,41,44)(H2,38,39,40). The van der Waals surface area contributed by atoms with Gasteiger partial charge in [-0.3, -0.25) is 14.9 Å². The van der Waals surface area contributed by atoms with E-state index in [1.54, 1.807) is 51.1 Å². The number of para-hydroxylation sites is 2. The minimum absolute atomic E-state index is 0.159. The highest BCUT2D eigenvalue weighted by Gasteiger charge is 2.22. The Bertz CT molecular complexity index is 2170. The Morgan fingerprint density at radius 2 is 1.46 bits per heavy atom. The first-order chi connectivity index (χ1) is 21.7. The zero-order valence-corrected chi connectivity index (χ0v) is 26.5. The van der Waals surface area contributed by atoms with Gasteiger partial charge in [-0.25, -0.2) is 9.78 Å². The van der Waals surface area contributed by atoms with Gasteiger partial charge in [-0.15, -0.1) is 0 Å². The van der Waals surface area contributed by atoms with Crippen LogP contribution in [0.25, 0.3) is 32.8 Å². The van der Waals surface area contributed by atoms with E-state index in [2.05, 4.69) is 46.7 Å². The Balaban J connectivity index is 1.37. The number of aromatic amines is 1. The highest BCUT2D eigenvalue weighted by molar-refractivity contribution is 6.11. The Hall–Kier alpha value is -5.64. The lowest BCUT2D eigenvalue weighted by atomic mass is 9.86. The molecule has 0 bridgehead atoms. The molecule has 10 nitrogen and oxygen atoms in total. The number of anilines is 4. The summed E-state index contributed by atoms with van der Waals surface area (Å²) in [6.07, 6.45) is -0.589. The van der Waals surface area contributed by atoms with Gasteiger partial charge >= 0.3 is 6.09 Å². The first kappa shape index (κ1) is 30.4. The number of ether oxygens (including phenoxy) is 1. The molecule has 0 fully saturated rings. The number of benzene rings is 4. The third-order valence-electron chi connectivity index (χ3n) is 7.37. The summed E-state index contributed by atoms with van der Waals surface area (Å²) in [4.78, 5) is 47.4. The van der Waals surface area contributed by atoms with Crippen molar-refractivity contribution in [1.82, 2.24) is 9.97 Å². The van der Waals surface area contributed by atoms with Gasteiger partial charge in [-0.2, -0.15) is 0 Å². The van der Waals surface area contributed by atoms with Gasteiger partial charge in [0.2, 0.25) is 5.95 Å². The van der Waals surface area contributed by atoms with Gasteiger partial charge in [-0.05, 0) is 68.1 Å². The molecule has 2 heterocycles. The summed E-state index contributed by atoms with van der Waals surface area (Å²) >= 11 is 0. The SMILES string of the molecule is CC(C)(C)OC(=O)Nc1cccc2c(NC(=O)c3cc(=O)c4cc(C(C)(C)C)cc(Nc5nc6ccccc6[nH]5)c4o3)cccc12. The molecule has 0 aliphatic carbocycles. The number of aromatic nitrogens is 2. The van der Waals surface area contributed by atoms with Gasteiger partial charge in [0, 0.05) is 22.5 Å². The van der Waals surface area contributed by atoms with Crippen LogP contribution in [-0.4, -0.2) is 27.6 Å². The van der Waals surface area contributed by atoms with E-state index in [0.717, 1.165) is 16.6 Å². The second kappa shape index (κ2) is 11.4. The number of H-pyrrole nitrogens is 1. The summed E-state index contributed by atoms with van der Waals surface area (Å²) in [7, 11) is 0. The number of carbonyl (C=O) groups excluding carboxylic acids is 2. The van der Waals surface area contributed by atoms with Gasteiger partial charge in [0.25, 0.3) is 5.91 Å². The summed E-state index contributed by atoms with van der Waals surface area (Å²) in [6, 6.07) is 23.2. The quantitative estimate of drug-likeness (QED) is 0.152. The molecule has 6 aromatic rings. The fourth-order valence-electron chi connectivity index (χ4n) is 5.16. The average Bonchev–Trinajstić information content (AvgIpc) is 3.38. The second-order valence-electron chi connectivity index (χ2n) is 13.1. The van der Waals surface area contributed by atoms with Gasteiger partial charge in [0.15, 0.2) is 16.8 Å². The number of imidazole rings is 1. The molecule has 2 amide bonds. The summed E-state index contributed by atoms with van der Waals surface area (Å²) < 4.78 is 11.6. The van der Waals surface area contributed by atoms with Gasteiger partial charge in [-0.1, -0.05) is 57.2 Å². The molecule has 4 aromatic carbocycles. The molecule has 6 rings (SSSR count). The topological polar surface area (TPSA) is 138 Å². The fraction of sp³-hybridized carbons (Fsp3) is 0.222. The van der Waals surface area contributed by atoms with Crippen LogP contribution in [0.3, 0.4) is 0 Å². The number of amides is 2. The largest absolute Gasteiger partial charge is 0.448 e. The minimum atomic E-state index is -0.659. The number of nitrogens with one attached hydrogen (secondary N) is 4. The van der Waals surface area contributed by atoms with E-state index >= 15 is 0 Å². The van der Waals surface area contributed by atoms with Crippen molar-refractivity contribution in [1.29, 1.82) is 0 Å². The number of carbonyl (C=O) groups is 2. The molecular formula is C36H35N5O5. The van der Waals surface area contributed by atoms with E-state index in [0.29, 0.717) is 39.2 Å². The number of hydrogen-bond donors (Lipinski definition) is 4. The lowest BCUT2D eigenvalue weighted by Gasteiger charge is -2.21. The number of fused-ring (bicyclic) bond motifs is 3. The molecule has 0 aliphatic rings. The van der Waals surface area contributed by atoms with E-state index in [9.17, 15) is 14.4 Å². The van der Waals surface area contributed by atoms with Crippen molar-refractivity contribution < 1.29 is 18.7 Å². The molecule has 2 aromatic heterocycles. The second-order valence-corrected chi connectivity index (χ2v) is 13.1. The van der Waals surface area contributed by atoms with Gasteiger partial charge in [0.1, 0.15) is 5.60 Å². The molecule has 0 atom stereocenters. The predicted octanol–water partition coefficient (Wildman–Crippen LogP) is 8.46.